The van der Waals surface area contributed by atoms with Gasteiger partial charge in [-0.1, -0.05) is 60.7 Å². The van der Waals surface area contributed by atoms with Gasteiger partial charge in [-0.2, -0.15) is 0 Å². The number of imide groups is 2. The largest absolute Gasteiger partial charge is 0.282 e. The van der Waals surface area contributed by atoms with Crippen molar-refractivity contribution in [1.29, 1.82) is 0 Å². The monoisotopic (exact) mass is 508 g/mol. The fourth-order valence-electron chi connectivity index (χ4n) is 8.63. The van der Waals surface area contributed by atoms with Crippen molar-refractivity contribution in [2.75, 3.05) is 6.54 Å². The zero-order chi connectivity index (χ0) is 26.3. The molecule has 2 aliphatic heterocycles. The molecule has 2 saturated heterocycles. The van der Waals surface area contributed by atoms with Crippen LogP contribution in [0, 0.1) is 46.8 Å². The number of nitrogens with zero attached hydrogens (tertiary/aromatic N) is 2. The molecular weight excluding hydrogens is 476 g/mol. The van der Waals surface area contributed by atoms with Gasteiger partial charge < -0.3 is 0 Å². The van der Waals surface area contributed by atoms with E-state index in [0.29, 0.717) is 13.0 Å². The molecule has 1 aromatic carbocycles. The minimum absolute atomic E-state index is 0.0382. The van der Waals surface area contributed by atoms with Gasteiger partial charge >= 0.3 is 0 Å². The van der Waals surface area contributed by atoms with E-state index < -0.39 is 6.04 Å². The van der Waals surface area contributed by atoms with Gasteiger partial charge in [0.25, 0.3) is 0 Å². The van der Waals surface area contributed by atoms with Crippen LogP contribution in [0.25, 0.3) is 0 Å². The highest BCUT2D eigenvalue weighted by Crippen LogP contribution is 2.61. The molecule has 2 heterocycles. The molecule has 4 aliphatic carbocycles. The van der Waals surface area contributed by atoms with Gasteiger partial charge in [0, 0.05) is 12.0 Å². The molecule has 6 heteroatoms. The van der Waals surface area contributed by atoms with Crippen molar-refractivity contribution in [3.8, 4) is 0 Å². The molecule has 0 aromatic heterocycles. The van der Waals surface area contributed by atoms with Crippen molar-refractivity contribution >= 4 is 23.6 Å². The van der Waals surface area contributed by atoms with Gasteiger partial charge in [0.1, 0.15) is 0 Å². The number of rotatable bonds is 8. The predicted octanol–water partition coefficient (Wildman–Crippen LogP) is 4.02. The number of fused-ring (bicyclic) bond motifs is 10. The van der Waals surface area contributed by atoms with E-state index in [1.807, 2.05) is 30.3 Å². The summed E-state index contributed by atoms with van der Waals surface area (Å²) < 4.78 is 0. The van der Waals surface area contributed by atoms with Crippen molar-refractivity contribution in [2.45, 2.75) is 31.7 Å². The van der Waals surface area contributed by atoms with Crippen LogP contribution in [-0.2, 0) is 25.6 Å². The maximum atomic E-state index is 13.4. The zero-order valence-electron chi connectivity index (χ0n) is 21.4. The SMILES string of the molecule is C=CCC12C=CC(C1)C1C(=O)N(CCc3ccc(C(C=C)N4C(=O)C5C6C=CC(C6)C5C4=O)cc3)C(=O)C12. The van der Waals surface area contributed by atoms with Crippen LogP contribution in [0.2, 0.25) is 0 Å². The quantitative estimate of drug-likeness (QED) is 0.393. The summed E-state index contributed by atoms with van der Waals surface area (Å²) in [5.74, 6) is -0.711. The van der Waals surface area contributed by atoms with Crippen LogP contribution < -0.4 is 0 Å². The van der Waals surface area contributed by atoms with Crippen molar-refractivity contribution in [3.63, 3.8) is 0 Å². The molecule has 0 spiro atoms. The summed E-state index contributed by atoms with van der Waals surface area (Å²) in [6.07, 6.45) is 15.1. The lowest BCUT2D eigenvalue weighted by Crippen LogP contribution is -2.37. The summed E-state index contributed by atoms with van der Waals surface area (Å²) in [6, 6.07) is 7.27. The maximum absolute atomic E-state index is 13.4. The Labute approximate surface area is 222 Å². The van der Waals surface area contributed by atoms with Gasteiger partial charge in [0.15, 0.2) is 0 Å². The Kier molecular flexibility index (Phi) is 5.10. The third kappa shape index (κ3) is 3.00. The van der Waals surface area contributed by atoms with Gasteiger partial charge in [-0.25, -0.2) is 0 Å². The molecule has 6 nitrogen and oxygen atoms in total. The standard InChI is InChI=1S/C32H32N2O4/c1-3-13-32-14-11-22(17-32)26-27(32)31(38)33(28(26)35)15-12-18-5-7-19(8-6-18)23(4-2)34-29(36)24-20-9-10-21(16-20)25(24)30(34)37/h3-11,14,20-27H,1-2,12-13,15-17H2. The second-order valence-corrected chi connectivity index (χ2v) is 12.0. The first-order chi connectivity index (χ1) is 18.4. The summed E-state index contributed by atoms with van der Waals surface area (Å²) in [4.78, 5) is 56.1. The average molecular weight is 509 g/mol. The minimum Gasteiger partial charge on any atom is -0.282 e. The molecule has 2 saturated carbocycles. The first-order valence-electron chi connectivity index (χ1n) is 13.8. The minimum atomic E-state index is -0.501. The third-order valence-electron chi connectivity index (χ3n) is 10.3. The Morgan fingerprint density at radius 2 is 1.55 bits per heavy atom. The molecule has 9 atom stereocenters. The third-order valence-corrected chi connectivity index (χ3v) is 10.3. The summed E-state index contributed by atoms with van der Waals surface area (Å²) in [5, 5.41) is 0. The highest BCUT2D eigenvalue weighted by molar-refractivity contribution is 6.07. The van der Waals surface area contributed by atoms with Crippen LogP contribution in [0.5, 0.6) is 0 Å². The molecule has 9 unspecified atom stereocenters. The Bertz CT molecular complexity index is 1310. The summed E-state index contributed by atoms with van der Waals surface area (Å²) in [5.41, 5.74) is 1.58. The molecule has 0 radical (unpaired) electrons. The molecule has 4 amide bonds. The summed E-state index contributed by atoms with van der Waals surface area (Å²) in [6.45, 7) is 8.17. The number of hydrogen-bond donors (Lipinski definition) is 0. The van der Waals surface area contributed by atoms with E-state index in [-0.39, 0.29) is 70.5 Å². The van der Waals surface area contributed by atoms with Gasteiger partial charge in [-0.15, -0.1) is 13.2 Å². The van der Waals surface area contributed by atoms with Crippen LogP contribution in [0.3, 0.4) is 0 Å². The first kappa shape index (κ1) is 23.6. The van der Waals surface area contributed by atoms with Gasteiger partial charge in [0.2, 0.25) is 23.6 Å². The van der Waals surface area contributed by atoms with Crippen LogP contribution in [0.4, 0.5) is 0 Å². The van der Waals surface area contributed by atoms with E-state index in [4.69, 9.17) is 0 Å². The molecule has 38 heavy (non-hydrogen) atoms. The topological polar surface area (TPSA) is 74.8 Å². The predicted molar refractivity (Wildman–Crippen MR) is 141 cm³/mol. The Hall–Kier alpha value is -3.54. The Morgan fingerprint density at radius 3 is 2.18 bits per heavy atom. The second-order valence-electron chi connectivity index (χ2n) is 12.0. The van der Waals surface area contributed by atoms with Crippen molar-refractivity contribution in [2.24, 2.45) is 46.8 Å². The Balaban J connectivity index is 1.04. The summed E-state index contributed by atoms with van der Waals surface area (Å²) >= 11 is 0. The lowest BCUT2D eigenvalue weighted by molar-refractivity contribution is -0.143. The number of hydrogen-bond acceptors (Lipinski definition) is 4. The van der Waals surface area contributed by atoms with E-state index in [1.165, 1.54) is 9.80 Å². The fraction of sp³-hybridized carbons (Fsp3) is 0.438. The second kappa shape index (κ2) is 8.23. The number of carbonyl (C=O) groups excluding carboxylic acids is 4. The average Bonchev–Trinajstić information content (AvgIpc) is 3.75. The number of carbonyl (C=O) groups is 4. The number of benzene rings is 1. The maximum Gasteiger partial charge on any atom is 0.234 e. The highest BCUT2D eigenvalue weighted by atomic mass is 16.2. The van der Waals surface area contributed by atoms with E-state index in [9.17, 15) is 19.2 Å². The van der Waals surface area contributed by atoms with E-state index in [0.717, 1.165) is 30.4 Å². The molecule has 194 valence electrons. The van der Waals surface area contributed by atoms with Crippen molar-refractivity contribution in [1.82, 2.24) is 9.80 Å². The molecule has 7 rings (SSSR count). The lowest BCUT2D eigenvalue weighted by Gasteiger charge is -2.29. The van der Waals surface area contributed by atoms with Crippen LogP contribution in [0.1, 0.15) is 36.4 Å². The van der Waals surface area contributed by atoms with E-state index in [1.54, 1.807) is 6.08 Å². The number of amides is 4. The lowest BCUT2D eigenvalue weighted by atomic mass is 9.73. The van der Waals surface area contributed by atoms with E-state index >= 15 is 0 Å². The summed E-state index contributed by atoms with van der Waals surface area (Å²) in [7, 11) is 0. The molecule has 4 fully saturated rings. The molecule has 4 bridgehead atoms. The van der Waals surface area contributed by atoms with Crippen LogP contribution >= 0.6 is 0 Å². The molecule has 6 aliphatic rings. The van der Waals surface area contributed by atoms with Crippen LogP contribution in [0.15, 0.2) is 73.9 Å². The van der Waals surface area contributed by atoms with Crippen molar-refractivity contribution in [3.05, 3.63) is 85.0 Å². The molecule has 0 N–H and O–H groups in total. The smallest absolute Gasteiger partial charge is 0.234 e. The molecule has 1 aromatic rings. The van der Waals surface area contributed by atoms with Gasteiger partial charge in [0.05, 0.1) is 29.7 Å². The first-order valence-corrected chi connectivity index (χ1v) is 13.8. The Morgan fingerprint density at radius 1 is 0.868 bits per heavy atom. The highest BCUT2D eigenvalue weighted by Gasteiger charge is 2.65. The van der Waals surface area contributed by atoms with Crippen molar-refractivity contribution < 1.29 is 19.2 Å². The van der Waals surface area contributed by atoms with Gasteiger partial charge in [-0.3, -0.25) is 29.0 Å². The molecular formula is C32H32N2O4. The number of likely N-dealkylation sites (tertiary alicyclic amines) is 2. The normalized spacial score (nSPS) is 38.5. The number of allylic oxidation sites excluding steroid dienone is 5. The van der Waals surface area contributed by atoms with E-state index in [2.05, 4.69) is 37.5 Å². The zero-order valence-corrected chi connectivity index (χ0v) is 21.4. The van der Waals surface area contributed by atoms with Gasteiger partial charge in [-0.05, 0) is 54.6 Å². The van der Waals surface area contributed by atoms with Crippen LogP contribution in [-0.4, -0.2) is 40.0 Å². The fourth-order valence-corrected chi connectivity index (χ4v) is 8.63.